The third-order valence-corrected chi connectivity index (χ3v) is 2.80. The lowest BCUT2D eigenvalue weighted by atomic mass is 10.1. The van der Waals surface area contributed by atoms with Crippen molar-refractivity contribution in [3.63, 3.8) is 0 Å². The van der Waals surface area contributed by atoms with E-state index in [1.165, 1.54) is 6.92 Å². The molecule has 0 heterocycles. The molecule has 1 rings (SSSR count). The van der Waals surface area contributed by atoms with E-state index in [2.05, 4.69) is 0 Å². The molecule has 0 aliphatic rings. The van der Waals surface area contributed by atoms with Crippen LogP contribution in [-0.2, 0) is 0 Å². The zero-order valence-electron chi connectivity index (χ0n) is 11.3. The van der Waals surface area contributed by atoms with E-state index in [1.54, 1.807) is 0 Å². The number of alkyl halides is 3. The second kappa shape index (κ2) is 6.67. The molecule has 10 heteroatoms. The number of rotatable bonds is 5. The molecule has 1 aromatic rings. The van der Waals surface area contributed by atoms with Crippen LogP contribution in [0.5, 0.6) is 0 Å². The van der Waals surface area contributed by atoms with Gasteiger partial charge in [-0.25, -0.2) is 8.78 Å². The fourth-order valence-electron chi connectivity index (χ4n) is 1.69. The molecule has 0 bridgehead atoms. The standard InChI is InChI=1S/C12H11F5N2O3/c1-2-18(4-3-12(15,16)17)11(20)7-5-8(13)9(14)6-10(7)19(21)22/h5-6H,2-4H2,1H3. The van der Waals surface area contributed by atoms with Crippen LogP contribution in [0.3, 0.4) is 0 Å². The molecule has 5 nitrogen and oxygen atoms in total. The van der Waals surface area contributed by atoms with Crippen molar-refractivity contribution < 1.29 is 31.7 Å². The molecule has 0 saturated carbocycles. The normalized spacial score (nSPS) is 11.4. The third-order valence-electron chi connectivity index (χ3n) is 2.80. The van der Waals surface area contributed by atoms with Crippen LogP contribution in [0, 0.1) is 21.7 Å². The van der Waals surface area contributed by atoms with Crippen LogP contribution in [0.1, 0.15) is 23.7 Å². The Balaban J connectivity index is 3.14. The summed E-state index contributed by atoms with van der Waals surface area (Å²) in [5, 5.41) is 10.8. The van der Waals surface area contributed by atoms with Gasteiger partial charge in [0.05, 0.1) is 17.4 Å². The molecule has 0 radical (unpaired) electrons. The zero-order chi connectivity index (χ0) is 17.1. The first-order valence-corrected chi connectivity index (χ1v) is 6.06. The number of halogens is 5. The van der Waals surface area contributed by atoms with Gasteiger partial charge in [-0.05, 0) is 13.0 Å². The predicted octanol–water partition coefficient (Wildman–Crippen LogP) is 3.29. The van der Waals surface area contributed by atoms with E-state index >= 15 is 0 Å². The van der Waals surface area contributed by atoms with Gasteiger partial charge in [-0.3, -0.25) is 14.9 Å². The van der Waals surface area contributed by atoms with Crippen molar-refractivity contribution >= 4 is 11.6 Å². The minimum Gasteiger partial charge on any atom is -0.338 e. The molecule has 122 valence electrons. The second-order valence-corrected chi connectivity index (χ2v) is 4.29. The third kappa shape index (κ3) is 4.37. The average molecular weight is 326 g/mol. The van der Waals surface area contributed by atoms with Crippen LogP contribution in [0.15, 0.2) is 12.1 Å². The van der Waals surface area contributed by atoms with Crippen molar-refractivity contribution in [1.29, 1.82) is 0 Å². The molecular weight excluding hydrogens is 315 g/mol. The van der Waals surface area contributed by atoms with Crippen LogP contribution in [0.4, 0.5) is 27.6 Å². The summed E-state index contributed by atoms with van der Waals surface area (Å²) >= 11 is 0. The van der Waals surface area contributed by atoms with Crippen molar-refractivity contribution in [2.75, 3.05) is 13.1 Å². The van der Waals surface area contributed by atoms with Gasteiger partial charge in [-0.2, -0.15) is 13.2 Å². The van der Waals surface area contributed by atoms with Gasteiger partial charge < -0.3 is 4.90 Å². The van der Waals surface area contributed by atoms with Crippen molar-refractivity contribution in [2.45, 2.75) is 19.5 Å². The van der Waals surface area contributed by atoms with E-state index in [9.17, 15) is 36.9 Å². The average Bonchev–Trinajstić information content (AvgIpc) is 2.40. The Hall–Kier alpha value is -2.26. The Morgan fingerprint density at radius 1 is 1.27 bits per heavy atom. The first kappa shape index (κ1) is 17.8. The molecule has 0 saturated heterocycles. The Labute approximate surface area is 121 Å². The molecule has 22 heavy (non-hydrogen) atoms. The van der Waals surface area contributed by atoms with Gasteiger partial charge in [0, 0.05) is 13.1 Å². The Kier molecular flexibility index (Phi) is 5.39. The molecule has 1 aromatic carbocycles. The summed E-state index contributed by atoms with van der Waals surface area (Å²) in [7, 11) is 0. The highest BCUT2D eigenvalue weighted by molar-refractivity contribution is 5.98. The SMILES string of the molecule is CCN(CCC(F)(F)F)C(=O)c1cc(F)c(F)cc1[N+](=O)[O-]. The van der Waals surface area contributed by atoms with Crippen LogP contribution >= 0.6 is 0 Å². The summed E-state index contributed by atoms with van der Waals surface area (Å²) in [5.74, 6) is -4.19. The molecule has 0 aromatic heterocycles. The number of carbonyl (C=O) groups is 1. The van der Waals surface area contributed by atoms with Gasteiger partial charge in [-0.15, -0.1) is 0 Å². The van der Waals surface area contributed by atoms with E-state index in [-0.39, 0.29) is 12.6 Å². The van der Waals surface area contributed by atoms with Crippen LogP contribution in [-0.4, -0.2) is 35.0 Å². The number of carbonyl (C=O) groups excluding carboxylic acids is 1. The van der Waals surface area contributed by atoms with Gasteiger partial charge in [0.15, 0.2) is 11.6 Å². The van der Waals surface area contributed by atoms with Gasteiger partial charge in [-0.1, -0.05) is 0 Å². The Morgan fingerprint density at radius 2 is 1.82 bits per heavy atom. The Bertz CT molecular complexity index is 589. The van der Waals surface area contributed by atoms with Crippen molar-refractivity contribution in [2.24, 2.45) is 0 Å². The molecule has 0 fully saturated rings. The summed E-state index contributed by atoms with van der Waals surface area (Å²) in [5.41, 5.74) is -1.80. The molecule has 0 N–H and O–H groups in total. The number of hydrogen-bond acceptors (Lipinski definition) is 3. The number of nitrogens with zero attached hydrogens (tertiary/aromatic N) is 2. The first-order chi connectivity index (χ1) is 10.1. The monoisotopic (exact) mass is 326 g/mol. The number of benzene rings is 1. The van der Waals surface area contributed by atoms with E-state index in [0.29, 0.717) is 11.0 Å². The molecule has 0 aliphatic heterocycles. The van der Waals surface area contributed by atoms with Crippen molar-refractivity contribution in [3.05, 3.63) is 39.4 Å². The highest BCUT2D eigenvalue weighted by Gasteiger charge is 2.31. The molecular formula is C12H11F5N2O3. The topological polar surface area (TPSA) is 63.5 Å². The summed E-state index contributed by atoms with van der Waals surface area (Å²) < 4.78 is 62.8. The zero-order valence-corrected chi connectivity index (χ0v) is 11.3. The minimum absolute atomic E-state index is 0.176. The van der Waals surface area contributed by atoms with E-state index in [1.807, 2.05) is 0 Å². The van der Waals surface area contributed by atoms with Gasteiger partial charge in [0.1, 0.15) is 5.56 Å². The van der Waals surface area contributed by atoms with E-state index < -0.39 is 52.9 Å². The lowest BCUT2D eigenvalue weighted by Gasteiger charge is -2.21. The predicted molar refractivity (Wildman–Crippen MR) is 65.3 cm³/mol. The van der Waals surface area contributed by atoms with Gasteiger partial charge in [0.2, 0.25) is 0 Å². The number of nitro groups is 1. The van der Waals surface area contributed by atoms with Crippen LogP contribution in [0.2, 0.25) is 0 Å². The maximum absolute atomic E-state index is 13.2. The lowest BCUT2D eigenvalue weighted by Crippen LogP contribution is -2.34. The van der Waals surface area contributed by atoms with Crippen molar-refractivity contribution in [1.82, 2.24) is 4.90 Å². The Morgan fingerprint density at radius 3 is 2.27 bits per heavy atom. The summed E-state index contributed by atoms with van der Waals surface area (Å²) in [6.45, 7) is 0.444. The molecule has 0 spiro atoms. The quantitative estimate of drug-likeness (QED) is 0.474. The molecule has 0 atom stereocenters. The summed E-state index contributed by atoms with van der Waals surface area (Å²) in [6.07, 6.45) is -5.84. The van der Waals surface area contributed by atoms with Crippen LogP contribution in [0.25, 0.3) is 0 Å². The maximum atomic E-state index is 13.2. The van der Waals surface area contributed by atoms with Crippen LogP contribution < -0.4 is 0 Å². The highest BCUT2D eigenvalue weighted by Crippen LogP contribution is 2.25. The maximum Gasteiger partial charge on any atom is 0.390 e. The lowest BCUT2D eigenvalue weighted by molar-refractivity contribution is -0.385. The van der Waals surface area contributed by atoms with Gasteiger partial charge >= 0.3 is 6.18 Å². The highest BCUT2D eigenvalue weighted by atomic mass is 19.4. The second-order valence-electron chi connectivity index (χ2n) is 4.29. The van der Waals surface area contributed by atoms with Gasteiger partial charge in [0.25, 0.3) is 11.6 Å². The summed E-state index contributed by atoms with van der Waals surface area (Å²) in [6, 6.07) is 0.534. The largest absolute Gasteiger partial charge is 0.390 e. The van der Waals surface area contributed by atoms with Crippen molar-refractivity contribution in [3.8, 4) is 0 Å². The molecule has 0 aliphatic carbocycles. The fraction of sp³-hybridized carbons (Fsp3) is 0.417. The first-order valence-electron chi connectivity index (χ1n) is 6.06. The number of amides is 1. The number of hydrogen-bond donors (Lipinski definition) is 0. The smallest absolute Gasteiger partial charge is 0.338 e. The van der Waals surface area contributed by atoms with E-state index in [4.69, 9.17) is 0 Å². The van der Waals surface area contributed by atoms with E-state index in [0.717, 1.165) is 0 Å². The molecule has 0 unspecified atom stereocenters. The minimum atomic E-state index is -4.52. The number of nitro benzene ring substituents is 1. The summed E-state index contributed by atoms with van der Waals surface area (Å²) in [4.78, 5) is 22.4. The molecule has 1 amide bonds. The fourth-order valence-corrected chi connectivity index (χ4v) is 1.69.